The van der Waals surface area contributed by atoms with E-state index in [1.165, 1.54) is 0 Å². The molecule has 2 N–H and O–H groups in total. The minimum absolute atomic E-state index is 0.0437. The summed E-state index contributed by atoms with van der Waals surface area (Å²) in [6.07, 6.45) is 0. The summed E-state index contributed by atoms with van der Waals surface area (Å²) in [5.74, 6) is -0.899. The molecule has 0 aliphatic rings. The topological polar surface area (TPSA) is 66.4 Å². The highest BCUT2D eigenvalue weighted by atomic mass is 16.4. The van der Waals surface area contributed by atoms with Crippen molar-refractivity contribution < 1.29 is 14.7 Å². The van der Waals surface area contributed by atoms with Crippen molar-refractivity contribution in [1.29, 1.82) is 0 Å². The summed E-state index contributed by atoms with van der Waals surface area (Å²) in [5.41, 5.74) is 3.00. The normalized spacial score (nSPS) is 11.9. The van der Waals surface area contributed by atoms with Gasteiger partial charge in [-0.25, -0.2) is 4.79 Å². The van der Waals surface area contributed by atoms with Crippen LogP contribution in [0.25, 0.3) is 0 Å². The van der Waals surface area contributed by atoms with Gasteiger partial charge < -0.3 is 10.4 Å². The molecule has 0 heterocycles. The summed E-state index contributed by atoms with van der Waals surface area (Å²) >= 11 is 0. The number of nitrogens with one attached hydrogen (secondary N) is 1. The zero-order valence-electron chi connectivity index (χ0n) is 12.7. The number of ketones is 1. The second-order valence-electron chi connectivity index (χ2n) is 5.33. The monoisotopic (exact) mass is 297 g/mol. The molecule has 2 aromatic carbocycles. The first-order chi connectivity index (χ1) is 10.5. The van der Waals surface area contributed by atoms with E-state index in [-0.39, 0.29) is 17.4 Å². The van der Waals surface area contributed by atoms with Crippen LogP contribution in [0, 0.1) is 6.92 Å². The van der Waals surface area contributed by atoms with Gasteiger partial charge in [-0.05, 0) is 31.5 Å². The van der Waals surface area contributed by atoms with Gasteiger partial charge in [0.1, 0.15) is 0 Å². The third kappa shape index (κ3) is 4.02. The van der Waals surface area contributed by atoms with Crippen LogP contribution in [0.3, 0.4) is 0 Å². The molecule has 0 spiro atoms. The maximum absolute atomic E-state index is 12.3. The maximum atomic E-state index is 12.3. The van der Waals surface area contributed by atoms with Crippen LogP contribution in [0.4, 0.5) is 0 Å². The van der Waals surface area contributed by atoms with E-state index in [9.17, 15) is 9.59 Å². The van der Waals surface area contributed by atoms with Crippen molar-refractivity contribution in [3.8, 4) is 0 Å². The van der Waals surface area contributed by atoms with Crippen molar-refractivity contribution in [2.45, 2.75) is 26.4 Å². The molecule has 4 heteroatoms. The Hall–Kier alpha value is -2.46. The predicted octanol–water partition coefficient (Wildman–Crippen LogP) is 3.05. The lowest BCUT2D eigenvalue weighted by Crippen LogP contribution is -2.33. The van der Waals surface area contributed by atoms with E-state index in [0.717, 1.165) is 11.1 Å². The second-order valence-corrected chi connectivity index (χ2v) is 5.33. The molecule has 0 aromatic heterocycles. The Kier molecular flexibility index (Phi) is 5.07. The lowest BCUT2D eigenvalue weighted by Gasteiger charge is -2.13. The molecule has 0 saturated carbocycles. The quantitative estimate of drug-likeness (QED) is 0.804. The third-order valence-corrected chi connectivity index (χ3v) is 3.54. The fourth-order valence-corrected chi connectivity index (χ4v) is 2.10. The van der Waals surface area contributed by atoms with Gasteiger partial charge >= 0.3 is 5.97 Å². The second kappa shape index (κ2) is 7.00. The number of aromatic carboxylic acids is 1. The van der Waals surface area contributed by atoms with Gasteiger partial charge in [-0.15, -0.1) is 0 Å². The van der Waals surface area contributed by atoms with Gasteiger partial charge in [0.15, 0.2) is 5.78 Å². The summed E-state index contributed by atoms with van der Waals surface area (Å²) in [6.45, 7) is 4.32. The van der Waals surface area contributed by atoms with Crippen LogP contribution in [-0.2, 0) is 6.54 Å². The predicted molar refractivity (Wildman–Crippen MR) is 85.2 cm³/mol. The maximum Gasteiger partial charge on any atom is 0.335 e. The zero-order valence-corrected chi connectivity index (χ0v) is 12.7. The Labute approximate surface area is 129 Å². The number of rotatable bonds is 6. The molecular weight excluding hydrogens is 278 g/mol. The number of hydrogen-bond acceptors (Lipinski definition) is 3. The SMILES string of the molecule is Cc1ccc(C(=O)C(C)NCc2ccc(C(=O)O)cc2)cc1. The fraction of sp³-hybridized carbons (Fsp3) is 0.222. The molecule has 0 amide bonds. The third-order valence-electron chi connectivity index (χ3n) is 3.54. The molecule has 2 rings (SSSR count). The zero-order chi connectivity index (χ0) is 16.1. The molecule has 0 saturated heterocycles. The molecular formula is C18H19NO3. The van der Waals surface area contributed by atoms with Gasteiger partial charge in [0.25, 0.3) is 0 Å². The van der Waals surface area contributed by atoms with Crippen LogP contribution in [0.5, 0.6) is 0 Å². The number of Topliss-reactive ketones (excluding diaryl/α,β-unsaturated/α-hetero) is 1. The standard InChI is InChI=1S/C18H19NO3/c1-12-3-7-15(8-4-12)17(20)13(2)19-11-14-5-9-16(10-6-14)18(21)22/h3-10,13,19H,11H2,1-2H3,(H,21,22). The van der Waals surface area contributed by atoms with E-state index in [2.05, 4.69) is 5.32 Å². The number of hydrogen-bond donors (Lipinski definition) is 2. The molecule has 2 aromatic rings. The lowest BCUT2D eigenvalue weighted by atomic mass is 10.0. The first-order valence-corrected chi connectivity index (χ1v) is 7.14. The summed E-state index contributed by atoms with van der Waals surface area (Å²) in [7, 11) is 0. The van der Waals surface area contributed by atoms with Crippen LogP contribution in [-0.4, -0.2) is 22.9 Å². The summed E-state index contributed by atoms with van der Waals surface area (Å²) in [6, 6.07) is 13.8. The molecule has 22 heavy (non-hydrogen) atoms. The number of carboxylic acid groups (broad SMARTS) is 1. The highest BCUT2D eigenvalue weighted by Crippen LogP contribution is 2.08. The summed E-state index contributed by atoms with van der Waals surface area (Å²) in [4.78, 5) is 23.1. The smallest absolute Gasteiger partial charge is 0.335 e. The number of aryl methyl sites for hydroxylation is 1. The molecule has 0 fully saturated rings. The van der Waals surface area contributed by atoms with Crippen LogP contribution in [0.1, 0.15) is 38.8 Å². The molecule has 0 aliphatic carbocycles. The highest BCUT2D eigenvalue weighted by molar-refractivity contribution is 5.99. The number of benzene rings is 2. The number of carboxylic acids is 1. The molecule has 4 nitrogen and oxygen atoms in total. The molecule has 0 radical (unpaired) electrons. The molecule has 1 atom stereocenters. The van der Waals surface area contributed by atoms with E-state index in [1.54, 1.807) is 24.3 Å². The van der Waals surface area contributed by atoms with E-state index >= 15 is 0 Å². The van der Waals surface area contributed by atoms with E-state index in [4.69, 9.17) is 5.11 Å². The van der Waals surface area contributed by atoms with Crippen molar-refractivity contribution in [3.63, 3.8) is 0 Å². The van der Waals surface area contributed by atoms with E-state index in [0.29, 0.717) is 12.1 Å². The summed E-state index contributed by atoms with van der Waals surface area (Å²) in [5, 5.41) is 12.0. The molecule has 114 valence electrons. The van der Waals surface area contributed by atoms with Crippen molar-refractivity contribution in [2.75, 3.05) is 0 Å². The minimum atomic E-state index is -0.942. The fourth-order valence-electron chi connectivity index (χ4n) is 2.10. The van der Waals surface area contributed by atoms with Gasteiger partial charge in [0, 0.05) is 12.1 Å². The molecule has 1 unspecified atom stereocenters. The Bertz CT molecular complexity index is 660. The van der Waals surface area contributed by atoms with Crippen LogP contribution in [0.2, 0.25) is 0 Å². The van der Waals surface area contributed by atoms with Crippen molar-refractivity contribution in [2.24, 2.45) is 0 Å². The van der Waals surface area contributed by atoms with Gasteiger partial charge in [0.05, 0.1) is 11.6 Å². The van der Waals surface area contributed by atoms with Crippen LogP contribution >= 0.6 is 0 Å². The van der Waals surface area contributed by atoms with Gasteiger partial charge in [0.2, 0.25) is 0 Å². The van der Waals surface area contributed by atoms with Crippen molar-refractivity contribution in [3.05, 3.63) is 70.8 Å². The Balaban J connectivity index is 1.94. The van der Waals surface area contributed by atoms with Gasteiger partial charge in [-0.2, -0.15) is 0 Å². The number of carbonyl (C=O) groups is 2. The molecule has 0 bridgehead atoms. The number of carbonyl (C=O) groups excluding carboxylic acids is 1. The first-order valence-electron chi connectivity index (χ1n) is 7.14. The van der Waals surface area contributed by atoms with Gasteiger partial charge in [-0.3, -0.25) is 4.79 Å². The Morgan fingerprint density at radius 1 is 1.00 bits per heavy atom. The van der Waals surface area contributed by atoms with Crippen LogP contribution < -0.4 is 5.32 Å². The first kappa shape index (κ1) is 15.9. The van der Waals surface area contributed by atoms with E-state index < -0.39 is 5.97 Å². The Morgan fingerprint density at radius 3 is 2.09 bits per heavy atom. The average molecular weight is 297 g/mol. The van der Waals surface area contributed by atoms with Crippen molar-refractivity contribution in [1.82, 2.24) is 5.32 Å². The largest absolute Gasteiger partial charge is 0.478 e. The lowest BCUT2D eigenvalue weighted by molar-refractivity contribution is 0.0696. The van der Waals surface area contributed by atoms with E-state index in [1.807, 2.05) is 38.1 Å². The minimum Gasteiger partial charge on any atom is -0.478 e. The molecule has 0 aliphatic heterocycles. The van der Waals surface area contributed by atoms with Crippen molar-refractivity contribution >= 4 is 11.8 Å². The van der Waals surface area contributed by atoms with Crippen LogP contribution in [0.15, 0.2) is 48.5 Å². The summed E-state index contributed by atoms with van der Waals surface area (Å²) < 4.78 is 0. The Morgan fingerprint density at radius 2 is 1.55 bits per heavy atom. The highest BCUT2D eigenvalue weighted by Gasteiger charge is 2.14. The average Bonchev–Trinajstić information content (AvgIpc) is 2.53. The van der Waals surface area contributed by atoms with Gasteiger partial charge in [-0.1, -0.05) is 42.0 Å².